The average Bonchev–Trinajstić information content (AvgIpc) is 2.78. The van der Waals surface area contributed by atoms with Crippen LogP contribution in [0, 0.1) is 6.92 Å². The van der Waals surface area contributed by atoms with Crippen molar-refractivity contribution < 1.29 is 13.2 Å². The first-order valence-electron chi connectivity index (χ1n) is 11.1. The lowest BCUT2D eigenvalue weighted by molar-refractivity contribution is -0.121. The van der Waals surface area contributed by atoms with Crippen LogP contribution in [-0.4, -0.2) is 40.2 Å². The molecular formula is C24H32ClN3O3S. The minimum atomic E-state index is -3.48. The fourth-order valence-corrected chi connectivity index (χ4v) is 5.17. The van der Waals surface area contributed by atoms with E-state index in [9.17, 15) is 13.2 Å². The largest absolute Gasteiger partial charge is 0.372 e. The first-order chi connectivity index (χ1) is 15.3. The zero-order valence-corrected chi connectivity index (χ0v) is 20.4. The molecule has 2 aromatic carbocycles. The maximum atomic E-state index is 12.3. The maximum absolute atomic E-state index is 12.3. The molecule has 1 saturated heterocycles. The molecule has 2 aromatic rings. The molecule has 0 atom stereocenters. The van der Waals surface area contributed by atoms with Gasteiger partial charge in [0.25, 0.3) is 0 Å². The summed E-state index contributed by atoms with van der Waals surface area (Å²) < 4.78 is 25.9. The van der Waals surface area contributed by atoms with E-state index in [1.807, 2.05) is 0 Å². The molecule has 0 saturated carbocycles. The molecule has 0 aliphatic carbocycles. The molecule has 0 spiro atoms. The fraction of sp³-hybridized carbons (Fsp3) is 0.458. The van der Waals surface area contributed by atoms with Crippen molar-refractivity contribution in [1.29, 1.82) is 0 Å². The van der Waals surface area contributed by atoms with E-state index in [2.05, 4.69) is 34.5 Å². The van der Waals surface area contributed by atoms with Crippen LogP contribution in [0.2, 0.25) is 5.02 Å². The number of halogens is 1. The zero-order chi connectivity index (χ0) is 23.1. The van der Waals surface area contributed by atoms with Crippen LogP contribution in [0.1, 0.15) is 43.2 Å². The molecule has 0 aromatic heterocycles. The van der Waals surface area contributed by atoms with Gasteiger partial charge in [-0.2, -0.15) is 0 Å². The molecule has 1 heterocycles. The van der Waals surface area contributed by atoms with Gasteiger partial charge in [0.2, 0.25) is 15.9 Å². The van der Waals surface area contributed by atoms with Gasteiger partial charge in [-0.25, -0.2) is 8.42 Å². The van der Waals surface area contributed by atoms with Crippen LogP contribution in [0.15, 0.2) is 42.5 Å². The minimum absolute atomic E-state index is 0.0959. The predicted molar refractivity (Wildman–Crippen MR) is 132 cm³/mol. The molecule has 1 N–H and O–H groups in total. The van der Waals surface area contributed by atoms with E-state index in [-0.39, 0.29) is 18.9 Å². The smallest absolute Gasteiger partial charge is 0.232 e. The van der Waals surface area contributed by atoms with Crippen LogP contribution in [0.5, 0.6) is 0 Å². The number of rotatable bonds is 9. The second kappa shape index (κ2) is 11.1. The highest BCUT2D eigenvalue weighted by Gasteiger charge is 2.20. The number of carbonyl (C=O) groups is 1. The van der Waals surface area contributed by atoms with Crippen LogP contribution >= 0.6 is 11.6 Å². The fourth-order valence-electron chi connectivity index (χ4n) is 3.98. The summed E-state index contributed by atoms with van der Waals surface area (Å²) in [6, 6.07) is 13.5. The third kappa shape index (κ3) is 6.62. The third-order valence-electron chi connectivity index (χ3n) is 5.82. The number of carbonyl (C=O) groups excluding carboxylic acids is 1. The Bertz CT molecular complexity index is 1020. The summed E-state index contributed by atoms with van der Waals surface area (Å²) in [6.07, 6.45) is 5.62. The summed E-state index contributed by atoms with van der Waals surface area (Å²) in [5.74, 6) is -0.0959. The quantitative estimate of drug-likeness (QED) is 0.577. The van der Waals surface area contributed by atoms with Gasteiger partial charge in [0, 0.05) is 43.3 Å². The third-order valence-corrected chi connectivity index (χ3v) is 7.41. The standard InChI is InChI=1S/C24H32ClN3O3S/c1-19-22(25)8-6-9-23(19)28(32(2,30)31)17-7-10-24(29)26-18-20-11-13-21(14-12-20)27-15-4-3-5-16-27/h6,8-9,11-14H,3-5,7,10,15-18H2,1-2H3,(H,26,29). The Hall–Kier alpha value is -2.25. The molecule has 174 valence electrons. The van der Waals surface area contributed by atoms with Crippen molar-refractivity contribution in [2.45, 2.75) is 45.6 Å². The number of sulfonamides is 1. The van der Waals surface area contributed by atoms with Crippen LogP contribution in [0.3, 0.4) is 0 Å². The van der Waals surface area contributed by atoms with Gasteiger partial charge in [-0.15, -0.1) is 0 Å². The van der Waals surface area contributed by atoms with Gasteiger partial charge in [0.05, 0.1) is 11.9 Å². The van der Waals surface area contributed by atoms with E-state index in [0.717, 1.165) is 18.7 Å². The number of benzene rings is 2. The summed E-state index contributed by atoms with van der Waals surface area (Å²) in [6.45, 7) is 4.68. The summed E-state index contributed by atoms with van der Waals surface area (Å²) >= 11 is 6.16. The SMILES string of the molecule is Cc1c(Cl)cccc1N(CCCC(=O)NCc1ccc(N2CCCCC2)cc1)S(C)(=O)=O. The Morgan fingerprint density at radius 2 is 1.78 bits per heavy atom. The second-order valence-electron chi connectivity index (χ2n) is 8.31. The van der Waals surface area contributed by atoms with Crippen LogP contribution < -0.4 is 14.5 Å². The van der Waals surface area contributed by atoms with E-state index in [4.69, 9.17) is 11.6 Å². The van der Waals surface area contributed by atoms with Crippen LogP contribution in [-0.2, 0) is 21.4 Å². The minimum Gasteiger partial charge on any atom is -0.372 e. The molecule has 32 heavy (non-hydrogen) atoms. The molecule has 0 unspecified atom stereocenters. The zero-order valence-electron chi connectivity index (χ0n) is 18.8. The average molecular weight is 478 g/mol. The van der Waals surface area contributed by atoms with Gasteiger partial charge in [0.15, 0.2) is 0 Å². The summed E-state index contributed by atoms with van der Waals surface area (Å²) in [5, 5.41) is 3.44. The van der Waals surface area contributed by atoms with Crippen molar-refractivity contribution >= 4 is 38.9 Å². The lowest BCUT2D eigenvalue weighted by Crippen LogP contribution is -2.32. The van der Waals surface area contributed by atoms with Crippen molar-refractivity contribution in [1.82, 2.24) is 5.32 Å². The monoisotopic (exact) mass is 477 g/mol. The second-order valence-corrected chi connectivity index (χ2v) is 10.6. The molecule has 1 amide bonds. The van der Waals surface area contributed by atoms with E-state index in [1.54, 1.807) is 25.1 Å². The van der Waals surface area contributed by atoms with E-state index >= 15 is 0 Å². The Morgan fingerprint density at radius 3 is 2.44 bits per heavy atom. The van der Waals surface area contributed by atoms with Gasteiger partial charge in [-0.1, -0.05) is 29.8 Å². The van der Waals surface area contributed by atoms with Gasteiger partial charge >= 0.3 is 0 Å². The van der Waals surface area contributed by atoms with Crippen LogP contribution in [0.4, 0.5) is 11.4 Å². The number of amides is 1. The molecule has 6 nitrogen and oxygen atoms in total. The number of hydrogen-bond donors (Lipinski definition) is 1. The lowest BCUT2D eigenvalue weighted by atomic mass is 10.1. The van der Waals surface area contributed by atoms with Gasteiger partial charge in [-0.05, 0) is 68.0 Å². The van der Waals surface area contributed by atoms with E-state index in [1.165, 1.54) is 35.5 Å². The normalized spacial score (nSPS) is 14.3. The van der Waals surface area contributed by atoms with E-state index < -0.39 is 10.0 Å². The highest BCUT2D eigenvalue weighted by Crippen LogP contribution is 2.28. The molecule has 3 rings (SSSR count). The molecular weight excluding hydrogens is 446 g/mol. The summed E-state index contributed by atoms with van der Waals surface area (Å²) in [4.78, 5) is 14.7. The Morgan fingerprint density at radius 1 is 1.09 bits per heavy atom. The summed E-state index contributed by atoms with van der Waals surface area (Å²) in [7, 11) is -3.48. The van der Waals surface area contributed by atoms with Crippen molar-refractivity contribution in [3.8, 4) is 0 Å². The number of hydrogen-bond acceptors (Lipinski definition) is 4. The van der Waals surface area contributed by atoms with Crippen molar-refractivity contribution in [2.75, 3.05) is 35.1 Å². The Balaban J connectivity index is 1.49. The maximum Gasteiger partial charge on any atom is 0.232 e. The first-order valence-corrected chi connectivity index (χ1v) is 13.3. The van der Waals surface area contributed by atoms with Crippen molar-refractivity contribution in [3.05, 3.63) is 58.6 Å². The lowest BCUT2D eigenvalue weighted by Gasteiger charge is -2.28. The molecule has 0 bridgehead atoms. The topological polar surface area (TPSA) is 69.7 Å². The summed E-state index contributed by atoms with van der Waals surface area (Å²) in [5.41, 5.74) is 3.54. The van der Waals surface area contributed by atoms with Gasteiger partial charge in [-0.3, -0.25) is 9.10 Å². The Labute approximate surface area is 196 Å². The predicted octanol–water partition coefficient (Wildman–Crippen LogP) is 4.50. The van der Waals surface area contributed by atoms with Crippen molar-refractivity contribution in [3.63, 3.8) is 0 Å². The van der Waals surface area contributed by atoms with Crippen LogP contribution in [0.25, 0.3) is 0 Å². The Kier molecular flexibility index (Phi) is 8.43. The first kappa shape index (κ1) is 24.4. The molecule has 1 aliphatic rings. The van der Waals surface area contributed by atoms with E-state index in [0.29, 0.717) is 29.2 Å². The number of nitrogens with one attached hydrogen (secondary N) is 1. The molecule has 0 radical (unpaired) electrons. The molecule has 8 heteroatoms. The highest BCUT2D eigenvalue weighted by molar-refractivity contribution is 7.92. The van der Waals surface area contributed by atoms with Gasteiger partial charge < -0.3 is 10.2 Å². The molecule has 1 fully saturated rings. The number of nitrogens with zero attached hydrogens (tertiary/aromatic N) is 2. The highest BCUT2D eigenvalue weighted by atomic mass is 35.5. The van der Waals surface area contributed by atoms with Gasteiger partial charge in [0.1, 0.15) is 0 Å². The van der Waals surface area contributed by atoms with Crippen molar-refractivity contribution in [2.24, 2.45) is 0 Å². The number of anilines is 2. The molecule has 1 aliphatic heterocycles. The number of piperidine rings is 1.